The Kier molecular flexibility index (Phi) is 3.69. The van der Waals surface area contributed by atoms with E-state index in [1.807, 2.05) is 19.1 Å². The first kappa shape index (κ1) is 13.7. The van der Waals surface area contributed by atoms with Crippen LogP contribution in [0.25, 0.3) is 0 Å². The molecule has 3 rings (SSSR count). The Morgan fingerprint density at radius 1 is 1.29 bits per heavy atom. The van der Waals surface area contributed by atoms with Crippen molar-refractivity contribution in [2.75, 3.05) is 11.9 Å². The predicted molar refractivity (Wildman–Crippen MR) is 80.4 cm³/mol. The summed E-state index contributed by atoms with van der Waals surface area (Å²) in [4.78, 5) is 0. The summed E-state index contributed by atoms with van der Waals surface area (Å²) in [7, 11) is 0. The molecule has 1 atom stereocenters. The highest BCUT2D eigenvalue weighted by molar-refractivity contribution is 5.58. The van der Waals surface area contributed by atoms with E-state index in [4.69, 9.17) is 4.74 Å². The predicted octanol–water partition coefficient (Wildman–Crippen LogP) is 4.03. The lowest BCUT2D eigenvalue weighted by Gasteiger charge is -2.18. The van der Waals surface area contributed by atoms with Gasteiger partial charge in [0.1, 0.15) is 17.3 Å². The zero-order valence-electron chi connectivity index (χ0n) is 11.9. The number of rotatable bonds is 4. The Morgan fingerprint density at radius 3 is 2.95 bits per heavy atom. The number of halogens is 1. The number of aromatic hydroxyl groups is 1. The highest BCUT2D eigenvalue weighted by Gasteiger charge is 2.23. The first-order chi connectivity index (χ1) is 10.2. The van der Waals surface area contributed by atoms with Crippen LogP contribution in [0.2, 0.25) is 0 Å². The van der Waals surface area contributed by atoms with E-state index in [2.05, 4.69) is 5.32 Å². The number of phenolic OH excluding ortho intramolecular Hbond substituents is 1. The monoisotopic (exact) mass is 287 g/mol. The van der Waals surface area contributed by atoms with E-state index in [9.17, 15) is 9.50 Å². The largest absolute Gasteiger partial charge is 0.508 e. The fourth-order valence-electron chi connectivity index (χ4n) is 2.83. The van der Waals surface area contributed by atoms with Gasteiger partial charge in [0.25, 0.3) is 0 Å². The maximum Gasteiger partial charge on any atom is 0.145 e. The van der Waals surface area contributed by atoms with Crippen LogP contribution in [0, 0.1) is 5.82 Å². The normalized spacial score (nSPS) is 16.6. The number of hydrogen-bond acceptors (Lipinski definition) is 3. The molecule has 1 aliphatic carbocycles. The summed E-state index contributed by atoms with van der Waals surface area (Å²) in [6.07, 6.45) is 1.87. The van der Waals surface area contributed by atoms with Crippen molar-refractivity contribution in [3.63, 3.8) is 0 Å². The molecule has 0 saturated carbocycles. The Labute approximate surface area is 123 Å². The highest BCUT2D eigenvalue weighted by atomic mass is 19.1. The summed E-state index contributed by atoms with van der Waals surface area (Å²) in [6, 6.07) is 10.1. The van der Waals surface area contributed by atoms with Crippen LogP contribution >= 0.6 is 0 Å². The molecule has 3 nitrogen and oxygen atoms in total. The lowest BCUT2D eigenvalue weighted by Crippen LogP contribution is -2.09. The van der Waals surface area contributed by atoms with E-state index in [1.165, 1.54) is 17.7 Å². The van der Waals surface area contributed by atoms with Gasteiger partial charge in [-0.1, -0.05) is 6.07 Å². The average Bonchev–Trinajstić information content (AvgIpc) is 2.84. The van der Waals surface area contributed by atoms with Crippen LogP contribution in [0.1, 0.15) is 30.5 Å². The van der Waals surface area contributed by atoms with Crippen molar-refractivity contribution in [1.82, 2.24) is 0 Å². The summed E-state index contributed by atoms with van der Waals surface area (Å²) < 4.78 is 18.8. The topological polar surface area (TPSA) is 41.5 Å². The molecule has 0 fully saturated rings. The second-order valence-electron chi connectivity index (χ2n) is 5.19. The molecule has 0 saturated heterocycles. The Bertz CT molecular complexity index is 657. The zero-order chi connectivity index (χ0) is 14.8. The molecule has 1 aliphatic rings. The summed E-state index contributed by atoms with van der Waals surface area (Å²) in [6.45, 7) is 2.37. The minimum absolute atomic E-state index is 0.158. The van der Waals surface area contributed by atoms with Crippen LogP contribution in [0.4, 0.5) is 10.1 Å². The van der Waals surface area contributed by atoms with Crippen LogP contribution < -0.4 is 10.1 Å². The zero-order valence-corrected chi connectivity index (χ0v) is 11.9. The quantitative estimate of drug-likeness (QED) is 0.892. The molecule has 0 heterocycles. The van der Waals surface area contributed by atoms with Gasteiger partial charge in [-0.3, -0.25) is 0 Å². The Balaban J connectivity index is 1.86. The number of phenols is 1. The smallest absolute Gasteiger partial charge is 0.145 e. The highest BCUT2D eigenvalue weighted by Crippen LogP contribution is 2.37. The maximum absolute atomic E-state index is 13.3. The molecule has 110 valence electrons. The van der Waals surface area contributed by atoms with Gasteiger partial charge in [-0.2, -0.15) is 0 Å². The van der Waals surface area contributed by atoms with Gasteiger partial charge in [0.2, 0.25) is 0 Å². The van der Waals surface area contributed by atoms with Crippen LogP contribution in [-0.4, -0.2) is 11.7 Å². The minimum atomic E-state index is -0.305. The van der Waals surface area contributed by atoms with Gasteiger partial charge in [0.15, 0.2) is 0 Å². The Hall–Kier alpha value is -2.23. The van der Waals surface area contributed by atoms with Crippen molar-refractivity contribution >= 4 is 5.69 Å². The van der Waals surface area contributed by atoms with Crippen molar-refractivity contribution in [3.05, 3.63) is 53.3 Å². The standard InChI is InChI=1S/C17H18FNO2/c1-2-21-17-10-12(18)4-8-16(17)19-15-7-3-11-9-13(20)5-6-14(11)15/h4-6,8-10,15,19-20H,2-3,7H2,1H3. The number of benzene rings is 2. The first-order valence-corrected chi connectivity index (χ1v) is 7.18. The molecule has 0 aromatic heterocycles. The van der Waals surface area contributed by atoms with Crippen molar-refractivity contribution in [2.45, 2.75) is 25.8 Å². The summed E-state index contributed by atoms with van der Waals surface area (Å²) >= 11 is 0. The molecule has 21 heavy (non-hydrogen) atoms. The number of aryl methyl sites for hydroxylation is 1. The molecule has 0 spiro atoms. The summed E-state index contributed by atoms with van der Waals surface area (Å²) in [5.41, 5.74) is 3.14. The van der Waals surface area contributed by atoms with Gasteiger partial charge in [0, 0.05) is 6.07 Å². The van der Waals surface area contributed by atoms with E-state index < -0.39 is 0 Å². The van der Waals surface area contributed by atoms with Crippen LogP contribution in [0.15, 0.2) is 36.4 Å². The molecule has 4 heteroatoms. The number of hydrogen-bond donors (Lipinski definition) is 2. The molecular weight excluding hydrogens is 269 g/mol. The fourth-order valence-corrected chi connectivity index (χ4v) is 2.83. The SMILES string of the molecule is CCOc1cc(F)ccc1NC1CCc2cc(O)ccc21. The van der Waals surface area contributed by atoms with Crippen LogP contribution in [0.3, 0.4) is 0 Å². The Morgan fingerprint density at radius 2 is 2.14 bits per heavy atom. The van der Waals surface area contributed by atoms with Gasteiger partial charge in [-0.15, -0.1) is 0 Å². The van der Waals surface area contributed by atoms with Gasteiger partial charge >= 0.3 is 0 Å². The number of ether oxygens (including phenoxy) is 1. The average molecular weight is 287 g/mol. The van der Waals surface area contributed by atoms with E-state index in [0.717, 1.165) is 24.1 Å². The van der Waals surface area contributed by atoms with Crippen molar-refractivity contribution in [3.8, 4) is 11.5 Å². The van der Waals surface area contributed by atoms with Crippen molar-refractivity contribution in [2.24, 2.45) is 0 Å². The molecule has 2 N–H and O–H groups in total. The third kappa shape index (κ3) is 2.79. The van der Waals surface area contributed by atoms with Gasteiger partial charge < -0.3 is 15.2 Å². The lowest BCUT2D eigenvalue weighted by atomic mass is 10.1. The third-order valence-electron chi connectivity index (χ3n) is 3.78. The first-order valence-electron chi connectivity index (χ1n) is 7.18. The molecule has 2 aromatic rings. The number of nitrogens with one attached hydrogen (secondary N) is 1. The molecule has 0 amide bonds. The van der Waals surface area contributed by atoms with Gasteiger partial charge in [-0.05, 0) is 55.2 Å². The summed E-state index contributed by atoms with van der Waals surface area (Å²) in [5.74, 6) is 0.525. The van der Waals surface area contributed by atoms with E-state index in [1.54, 1.807) is 12.1 Å². The van der Waals surface area contributed by atoms with E-state index >= 15 is 0 Å². The molecule has 0 aliphatic heterocycles. The van der Waals surface area contributed by atoms with E-state index in [-0.39, 0.29) is 11.9 Å². The van der Waals surface area contributed by atoms with Crippen LogP contribution in [0.5, 0.6) is 11.5 Å². The van der Waals surface area contributed by atoms with E-state index in [0.29, 0.717) is 18.1 Å². The minimum Gasteiger partial charge on any atom is -0.508 e. The molecule has 2 aromatic carbocycles. The van der Waals surface area contributed by atoms with Crippen molar-refractivity contribution in [1.29, 1.82) is 0 Å². The number of anilines is 1. The molecular formula is C17H18FNO2. The fraction of sp³-hybridized carbons (Fsp3) is 0.294. The lowest BCUT2D eigenvalue weighted by molar-refractivity contribution is 0.339. The van der Waals surface area contributed by atoms with Gasteiger partial charge in [0.05, 0.1) is 18.3 Å². The van der Waals surface area contributed by atoms with Gasteiger partial charge in [-0.25, -0.2) is 4.39 Å². The molecule has 1 unspecified atom stereocenters. The number of fused-ring (bicyclic) bond motifs is 1. The molecule has 0 radical (unpaired) electrons. The maximum atomic E-state index is 13.3. The summed E-state index contributed by atoms with van der Waals surface area (Å²) in [5, 5.41) is 13.0. The second-order valence-corrected chi connectivity index (χ2v) is 5.19. The van der Waals surface area contributed by atoms with Crippen LogP contribution in [-0.2, 0) is 6.42 Å². The second kappa shape index (κ2) is 5.64. The van der Waals surface area contributed by atoms with Crippen molar-refractivity contribution < 1.29 is 14.2 Å². The molecule has 0 bridgehead atoms. The third-order valence-corrected chi connectivity index (χ3v) is 3.78.